The second kappa shape index (κ2) is 6.42. The van der Waals surface area contributed by atoms with E-state index in [1.807, 2.05) is 18.2 Å². The maximum absolute atomic E-state index is 12.6. The lowest BCUT2D eigenvalue weighted by Crippen LogP contribution is -2.22. The lowest BCUT2D eigenvalue weighted by molar-refractivity contribution is -0.123. The molecule has 0 aliphatic heterocycles. The van der Waals surface area contributed by atoms with Gasteiger partial charge in [0.1, 0.15) is 0 Å². The molecule has 1 aromatic carbocycles. The Balaban J connectivity index is 1.53. The summed E-state index contributed by atoms with van der Waals surface area (Å²) >= 11 is 0. The summed E-state index contributed by atoms with van der Waals surface area (Å²) in [5, 5.41) is 5.46. The maximum atomic E-state index is 12.6. The number of benzene rings is 1. The molecule has 1 N–H and O–H groups in total. The van der Waals surface area contributed by atoms with Crippen molar-refractivity contribution >= 4 is 23.0 Å². The molecule has 0 saturated heterocycles. The van der Waals surface area contributed by atoms with Gasteiger partial charge in [-0.1, -0.05) is 44.0 Å². The predicted molar refractivity (Wildman–Crippen MR) is 106 cm³/mol. The summed E-state index contributed by atoms with van der Waals surface area (Å²) in [6, 6.07) is 8.28. The fraction of sp³-hybridized carbons (Fsp3) is 0.455. The Bertz CT molecular complexity index is 894. The first-order valence-electron chi connectivity index (χ1n) is 9.59. The normalized spacial score (nSPS) is 27.5. The Morgan fingerprint density at radius 1 is 1.42 bits per heavy atom. The molecule has 2 aliphatic carbocycles. The first-order chi connectivity index (χ1) is 12.6. The van der Waals surface area contributed by atoms with E-state index in [4.69, 9.17) is 0 Å². The van der Waals surface area contributed by atoms with Gasteiger partial charge in [0.15, 0.2) is 0 Å². The minimum absolute atomic E-state index is 0.0862. The molecule has 2 aromatic rings. The predicted octanol–water partition coefficient (Wildman–Crippen LogP) is 4.41. The molecule has 0 bridgehead atoms. The van der Waals surface area contributed by atoms with E-state index in [-0.39, 0.29) is 17.2 Å². The number of fused-ring (bicyclic) bond motifs is 2. The Hall–Kier alpha value is -2.36. The number of hydrogen-bond acceptors (Lipinski definition) is 2. The van der Waals surface area contributed by atoms with Crippen LogP contribution in [0.15, 0.2) is 42.0 Å². The van der Waals surface area contributed by atoms with E-state index in [0.717, 1.165) is 23.2 Å². The van der Waals surface area contributed by atoms with E-state index in [1.54, 1.807) is 6.21 Å². The maximum Gasteiger partial charge on any atom is 0.244 e. The van der Waals surface area contributed by atoms with Gasteiger partial charge >= 0.3 is 0 Å². The zero-order chi connectivity index (χ0) is 18.3. The molecule has 0 unspecified atom stereocenters. The lowest BCUT2D eigenvalue weighted by atomic mass is 9.90. The van der Waals surface area contributed by atoms with Crippen molar-refractivity contribution < 1.29 is 4.79 Å². The average Bonchev–Trinajstić information content (AvgIpc) is 3.20. The van der Waals surface area contributed by atoms with Gasteiger partial charge in [-0.2, -0.15) is 5.10 Å². The topological polar surface area (TPSA) is 46.4 Å². The SMILES string of the molecule is C=CCn1c(C)c(/C=N\NC(=O)[C@@H]2[C@@H]3CCCC[C@@]23C)c2ccccc21. The van der Waals surface area contributed by atoms with E-state index >= 15 is 0 Å². The highest BCUT2D eigenvalue weighted by atomic mass is 16.2. The summed E-state index contributed by atoms with van der Waals surface area (Å²) in [6.07, 6.45) is 8.57. The van der Waals surface area contributed by atoms with Crippen molar-refractivity contribution in [2.45, 2.75) is 46.1 Å². The third-order valence-corrected chi connectivity index (χ3v) is 6.57. The van der Waals surface area contributed by atoms with Crippen molar-refractivity contribution in [2.75, 3.05) is 0 Å². The summed E-state index contributed by atoms with van der Waals surface area (Å²) in [4.78, 5) is 12.6. The summed E-state index contributed by atoms with van der Waals surface area (Å²) < 4.78 is 2.22. The number of carbonyl (C=O) groups excluding carboxylic acids is 1. The third kappa shape index (κ3) is 2.59. The largest absolute Gasteiger partial charge is 0.340 e. The highest BCUT2D eigenvalue weighted by Gasteiger charge is 2.64. The second-order valence-corrected chi connectivity index (χ2v) is 7.99. The van der Waals surface area contributed by atoms with Gasteiger partial charge in [-0.25, -0.2) is 5.43 Å². The third-order valence-electron chi connectivity index (χ3n) is 6.57. The van der Waals surface area contributed by atoms with Crippen LogP contribution in [0, 0.1) is 24.2 Å². The molecule has 2 saturated carbocycles. The highest BCUT2D eigenvalue weighted by molar-refractivity contribution is 6.01. The molecule has 0 spiro atoms. The molecule has 2 aliphatic rings. The Kier molecular flexibility index (Phi) is 4.22. The molecule has 4 nitrogen and oxygen atoms in total. The van der Waals surface area contributed by atoms with Crippen LogP contribution in [0.5, 0.6) is 0 Å². The van der Waals surface area contributed by atoms with Crippen LogP contribution in [0.1, 0.15) is 43.9 Å². The summed E-state index contributed by atoms with van der Waals surface area (Å²) in [5.41, 5.74) is 6.38. The molecule has 4 rings (SSSR count). The monoisotopic (exact) mass is 349 g/mol. The number of allylic oxidation sites excluding steroid dienone is 1. The fourth-order valence-electron chi connectivity index (χ4n) is 5.07. The van der Waals surface area contributed by atoms with Crippen LogP contribution in [-0.4, -0.2) is 16.7 Å². The molecule has 2 fully saturated rings. The van der Waals surface area contributed by atoms with Crippen molar-refractivity contribution in [1.29, 1.82) is 0 Å². The van der Waals surface area contributed by atoms with Gasteiger partial charge in [-0.3, -0.25) is 4.79 Å². The van der Waals surface area contributed by atoms with Crippen LogP contribution in [0.3, 0.4) is 0 Å². The zero-order valence-electron chi connectivity index (χ0n) is 15.7. The molecule has 0 radical (unpaired) electrons. The number of rotatable bonds is 5. The number of carbonyl (C=O) groups is 1. The molecule has 26 heavy (non-hydrogen) atoms. The summed E-state index contributed by atoms with van der Waals surface area (Å²) in [6.45, 7) is 8.96. The number of nitrogens with one attached hydrogen (secondary N) is 1. The minimum atomic E-state index is 0.0862. The van der Waals surface area contributed by atoms with Crippen LogP contribution in [0.4, 0.5) is 0 Å². The number of hydrogen-bond donors (Lipinski definition) is 1. The number of amides is 1. The van der Waals surface area contributed by atoms with Crippen LogP contribution in [0.2, 0.25) is 0 Å². The fourth-order valence-corrected chi connectivity index (χ4v) is 5.07. The Morgan fingerprint density at radius 3 is 2.96 bits per heavy atom. The van der Waals surface area contributed by atoms with Gasteiger partial charge in [-0.15, -0.1) is 6.58 Å². The van der Waals surface area contributed by atoms with E-state index in [1.165, 1.54) is 31.2 Å². The van der Waals surface area contributed by atoms with Gasteiger partial charge in [0.25, 0.3) is 0 Å². The number of nitrogens with zero attached hydrogens (tertiary/aromatic N) is 2. The molecule has 3 atom stereocenters. The van der Waals surface area contributed by atoms with Crippen LogP contribution in [-0.2, 0) is 11.3 Å². The van der Waals surface area contributed by atoms with Crippen molar-refractivity contribution in [2.24, 2.45) is 22.4 Å². The van der Waals surface area contributed by atoms with Gasteiger partial charge in [0.2, 0.25) is 5.91 Å². The number of aromatic nitrogens is 1. The Labute approximate surface area is 155 Å². The van der Waals surface area contributed by atoms with Crippen molar-refractivity contribution in [3.8, 4) is 0 Å². The number of para-hydroxylation sites is 1. The molecule has 136 valence electrons. The molecule has 4 heteroatoms. The molecular formula is C22H27N3O. The lowest BCUT2D eigenvalue weighted by Gasteiger charge is -2.15. The van der Waals surface area contributed by atoms with E-state index in [9.17, 15) is 4.79 Å². The summed E-state index contributed by atoms with van der Waals surface area (Å²) in [7, 11) is 0. The van der Waals surface area contributed by atoms with Crippen molar-refractivity contribution in [3.63, 3.8) is 0 Å². The van der Waals surface area contributed by atoms with Gasteiger partial charge < -0.3 is 4.57 Å². The quantitative estimate of drug-likeness (QED) is 0.485. The Morgan fingerprint density at radius 2 is 2.23 bits per heavy atom. The second-order valence-electron chi connectivity index (χ2n) is 7.99. The zero-order valence-corrected chi connectivity index (χ0v) is 15.7. The molecule has 1 heterocycles. The molecule has 1 aromatic heterocycles. The first-order valence-corrected chi connectivity index (χ1v) is 9.59. The van der Waals surface area contributed by atoms with Crippen LogP contribution >= 0.6 is 0 Å². The highest BCUT2D eigenvalue weighted by Crippen LogP contribution is 2.66. The summed E-state index contributed by atoms with van der Waals surface area (Å²) in [5.74, 6) is 0.788. The molecule has 1 amide bonds. The molecular weight excluding hydrogens is 322 g/mol. The van der Waals surface area contributed by atoms with E-state index in [0.29, 0.717) is 5.92 Å². The van der Waals surface area contributed by atoms with Crippen molar-refractivity contribution in [3.05, 3.63) is 48.2 Å². The van der Waals surface area contributed by atoms with Crippen LogP contribution < -0.4 is 5.43 Å². The smallest absolute Gasteiger partial charge is 0.244 e. The van der Waals surface area contributed by atoms with E-state index < -0.39 is 0 Å². The standard InChI is InChI=1S/C22H27N3O/c1-4-13-25-15(2)17(16-9-5-6-11-19(16)25)14-23-24-21(26)20-18-10-7-8-12-22(18,20)3/h4-6,9,11,14,18,20H,1,7-8,10,12-13H2,2-3H3,(H,24,26)/b23-14-/t18-,20-,22+/m0/s1. The van der Waals surface area contributed by atoms with E-state index in [2.05, 4.69) is 47.7 Å². The minimum Gasteiger partial charge on any atom is -0.340 e. The van der Waals surface area contributed by atoms with Crippen molar-refractivity contribution in [1.82, 2.24) is 9.99 Å². The number of hydrazone groups is 1. The van der Waals surface area contributed by atoms with Crippen LogP contribution in [0.25, 0.3) is 10.9 Å². The first kappa shape index (κ1) is 17.1. The van der Waals surface area contributed by atoms with Gasteiger partial charge in [0, 0.05) is 34.6 Å². The van der Waals surface area contributed by atoms with Gasteiger partial charge in [0.05, 0.1) is 6.21 Å². The van der Waals surface area contributed by atoms with Gasteiger partial charge in [-0.05, 0) is 37.2 Å². The average molecular weight is 349 g/mol.